The fourth-order valence-corrected chi connectivity index (χ4v) is 4.81. The number of halogens is 2. The number of benzene rings is 2. The van der Waals surface area contributed by atoms with Gasteiger partial charge in [0, 0.05) is 56.8 Å². The van der Waals surface area contributed by atoms with Gasteiger partial charge in [0.2, 0.25) is 11.8 Å². The summed E-state index contributed by atoms with van der Waals surface area (Å²) in [4.78, 5) is 31.6. The molecular weight excluding hydrogens is 457 g/mol. The van der Waals surface area contributed by atoms with Gasteiger partial charge in [-0.1, -0.05) is 35.9 Å². The van der Waals surface area contributed by atoms with Crippen molar-refractivity contribution in [1.82, 2.24) is 14.7 Å². The summed E-state index contributed by atoms with van der Waals surface area (Å²) < 4.78 is 18.9. The van der Waals surface area contributed by atoms with Crippen molar-refractivity contribution in [2.75, 3.05) is 45.9 Å². The molecule has 0 N–H and O–H groups in total. The maximum absolute atomic E-state index is 13.3. The van der Waals surface area contributed by atoms with Crippen LogP contribution < -0.4 is 4.74 Å². The van der Waals surface area contributed by atoms with Crippen LogP contribution in [0.15, 0.2) is 48.5 Å². The molecule has 0 atom stereocenters. The van der Waals surface area contributed by atoms with E-state index >= 15 is 0 Å². The van der Waals surface area contributed by atoms with Gasteiger partial charge in [-0.2, -0.15) is 0 Å². The molecule has 2 fully saturated rings. The molecule has 2 heterocycles. The quantitative estimate of drug-likeness (QED) is 0.595. The zero-order valence-corrected chi connectivity index (χ0v) is 20.1. The second kappa shape index (κ2) is 11.7. The Morgan fingerprint density at radius 1 is 0.941 bits per heavy atom. The SMILES string of the molecule is O=C(CCOc1ccccc1)N1CCC(C(=O)N2CCN(Cc3ccc(F)cc3Cl)CC2)CC1. The Hall–Kier alpha value is -2.64. The summed E-state index contributed by atoms with van der Waals surface area (Å²) >= 11 is 6.15. The third-order valence-electron chi connectivity index (χ3n) is 6.62. The Balaban J connectivity index is 1.16. The number of piperidine rings is 1. The molecule has 6 nitrogen and oxygen atoms in total. The number of hydrogen-bond donors (Lipinski definition) is 0. The summed E-state index contributed by atoms with van der Waals surface area (Å²) in [5.74, 6) is 0.675. The molecule has 2 aromatic rings. The van der Waals surface area contributed by atoms with Crippen LogP contribution in [0.5, 0.6) is 5.75 Å². The van der Waals surface area contributed by atoms with Gasteiger partial charge in [-0.15, -0.1) is 0 Å². The standard InChI is InChI=1S/C26H31ClFN3O3/c27-24-18-22(28)7-6-21(24)19-29-13-15-31(16-14-29)26(33)20-8-11-30(12-9-20)25(32)10-17-34-23-4-2-1-3-5-23/h1-7,18,20H,8-17,19H2. The first-order valence-corrected chi connectivity index (χ1v) is 12.3. The van der Waals surface area contributed by atoms with E-state index in [-0.39, 0.29) is 23.5 Å². The summed E-state index contributed by atoms with van der Waals surface area (Å²) in [6.07, 6.45) is 1.75. The monoisotopic (exact) mass is 487 g/mol. The predicted molar refractivity (Wildman–Crippen MR) is 129 cm³/mol. The zero-order chi connectivity index (χ0) is 23.9. The molecule has 0 bridgehead atoms. The Bertz CT molecular complexity index is 975. The van der Waals surface area contributed by atoms with Crippen molar-refractivity contribution < 1.29 is 18.7 Å². The minimum atomic E-state index is -0.336. The number of piperazine rings is 1. The summed E-state index contributed by atoms with van der Waals surface area (Å²) in [5, 5.41) is 0.437. The number of nitrogens with zero attached hydrogens (tertiary/aromatic N) is 3. The second-order valence-corrected chi connectivity index (χ2v) is 9.31. The topological polar surface area (TPSA) is 53.1 Å². The third kappa shape index (κ3) is 6.48. The molecule has 2 aliphatic heterocycles. The van der Waals surface area contributed by atoms with Crippen LogP contribution >= 0.6 is 11.6 Å². The van der Waals surface area contributed by atoms with Gasteiger partial charge in [0.1, 0.15) is 11.6 Å². The van der Waals surface area contributed by atoms with Crippen molar-refractivity contribution in [3.05, 3.63) is 64.9 Å². The first-order chi connectivity index (χ1) is 16.5. The van der Waals surface area contributed by atoms with Gasteiger partial charge in [-0.05, 0) is 42.7 Å². The molecule has 0 radical (unpaired) electrons. The number of carbonyl (C=O) groups excluding carboxylic acids is 2. The van der Waals surface area contributed by atoms with Crippen LogP contribution in [0.2, 0.25) is 5.02 Å². The smallest absolute Gasteiger partial charge is 0.225 e. The van der Waals surface area contributed by atoms with E-state index < -0.39 is 0 Å². The second-order valence-electron chi connectivity index (χ2n) is 8.90. The first-order valence-electron chi connectivity index (χ1n) is 11.9. The van der Waals surface area contributed by atoms with Gasteiger partial charge in [-0.3, -0.25) is 14.5 Å². The van der Waals surface area contributed by atoms with E-state index in [1.807, 2.05) is 40.1 Å². The minimum Gasteiger partial charge on any atom is -0.493 e. The number of ether oxygens (including phenoxy) is 1. The van der Waals surface area contributed by atoms with Crippen molar-refractivity contribution in [2.45, 2.75) is 25.8 Å². The molecule has 8 heteroatoms. The molecule has 2 aliphatic rings. The van der Waals surface area contributed by atoms with Gasteiger partial charge in [0.15, 0.2) is 0 Å². The van der Waals surface area contributed by atoms with Gasteiger partial charge in [0.25, 0.3) is 0 Å². The van der Waals surface area contributed by atoms with Crippen LogP contribution in [-0.4, -0.2) is 72.4 Å². The molecule has 0 aromatic heterocycles. The molecule has 34 heavy (non-hydrogen) atoms. The number of carbonyl (C=O) groups is 2. The van der Waals surface area contributed by atoms with Crippen molar-refractivity contribution in [3.8, 4) is 5.75 Å². The number of amides is 2. The molecule has 2 saturated heterocycles. The normalized spacial score (nSPS) is 17.6. The van der Waals surface area contributed by atoms with E-state index in [1.165, 1.54) is 12.1 Å². The highest BCUT2D eigenvalue weighted by atomic mass is 35.5. The molecule has 0 saturated carbocycles. The van der Waals surface area contributed by atoms with Crippen LogP contribution in [0.3, 0.4) is 0 Å². The van der Waals surface area contributed by atoms with Crippen molar-refractivity contribution >= 4 is 23.4 Å². The number of hydrogen-bond acceptors (Lipinski definition) is 4. The first kappa shape index (κ1) is 24.5. The summed E-state index contributed by atoms with van der Waals surface area (Å²) in [6, 6.07) is 14.0. The summed E-state index contributed by atoms with van der Waals surface area (Å²) in [7, 11) is 0. The Morgan fingerprint density at radius 3 is 2.32 bits per heavy atom. The fourth-order valence-electron chi connectivity index (χ4n) is 4.58. The average molecular weight is 488 g/mol. The Kier molecular flexibility index (Phi) is 8.40. The fraction of sp³-hybridized carbons (Fsp3) is 0.462. The Morgan fingerprint density at radius 2 is 1.65 bits per heavy atom. The predicted octanol–water partition coefficient (Wildman–Crippen LogP) is 3.83. The molecule has 0 spiro atoms. The van der Waals surface area contributed by atoms with E-state index in [4.69, 9.17) is 16.3 Å². The zero-order valence-electron chi connectivity index (χ0n) is 19.3. The number of para-hydroxylation sites is 1. The van der Waals surface area contributed by atoms with Crippen LogP contribution in [0, 0.1) is 11.7 Å². The van der Waals surface area contributed by atoms with Gasteiger partial charge < -0.3 is 14.5 Å². The minimum absolute atomic E-state index is 0.0253. The number of rotatable bonds is 7. The molecule has 2 amide bonds. The lowest BCUT2D eigenvalue weighted by atomic mass is 9.94. The Labute approximate surface area is 205 Å². The molecule has 182 valence electrons. The van der Waals surface area contributed by atoms with E-state index in [9.17, 15) is 14.0 Å². The lowest BCUT2D eigenvalue weighted by molar-refractivity contribution is -0.142. The van der Waals surface area contributed by atoms with Crippen LogP contribution in [0.4, 0.5) is 4.39 Å². The summed E-state index contributed by atoms with van der Waals surface area (Å²) in [5.41, 5.74) is 0.897. The van der Waals surface area contributed by atoms with Crippen LogP contribution in [0.25, 0.3) is 0 Å². The lowest BCUT2D eigenvalue weighted by Crippen LogP contribution is -2.51. The lowest BCUT2D eigenvalue weighted by Gasteiger charge is -2.38. The van der Waals surface area contributed by atoms with E-state index in [0.717, 1.165) is 24.4 Å². The number of likely N-dealkylation sites (tertiary alicyclic amines) is 1. The summed E-state index contributed by atoms with van der Waals surface area (Å²) in [6.45, 7) is 5.11. The van der Waals surface area contributed by atoms with Gasteiger partial charge >= 0.3 is 0 Å². The van der Waals surface area contributed by atoms with Gasteiger partial charge in [-0.25, -0.2) is 4.39 Å². The van der Waals surface area contributed by atoms with Crippen LogP contribution in [-0.2, 0) is 16.1 Å². The van der Waals surface area contributed by atoms with E-state index in [2.05, 4.69) is 4.90 Å². The molecule has 2 aromatic carbocycles. The maximum atomic E-state index is 13.3. The molecular formula is C26H31ClFN3O3. The third-order valence-corrected chi connectivity index (χ3v) is 6.97. The maximum Gasteiger partial charge on any atom is 0.225 e. The highest BCUT2D eigenvalue weighted by Crippen LogP contribution is 2.23. The van der Waals surface area contributed by atoms with Crippen molar-refractivity contribution in [3.63, 3.8) is 0 Å². The van der Waals surface area contributed by atoms with Gasteiger partial charge in [0.05, 0.1) is 13.0 Å². The van der Waals surface area contributed by atoms with Crippen molar-refractivity contribution in [1.29, 1.82) is 0 Å². The highest BCUT2D eigenvalue weighted by molar-refractivity contribution is 6.31. The van der Waals surface area contributed by atoms with E-state index in [0.29, 0.717) is 63.6 Å². The van der Waals surface area contributed by atoms with E-state index in [1.54, 1.807) is 6.07 Å². The molecule has 0 aliphatic carbocycles. The largest absolute Gasteiger partial charge is 0.493 e. The molecule has 0 unspecified atom stereocenters. The average Bonchev–Trinajstić information content (AvgIpc) is 2.86. The highest BCUT2D eigenvalue weighted by Gasteiger charge is 2.31. The van der Waals surface area contributed by atoms with Crippen LogP contribution in [0.1, 0.15) is 24.8 Å². The van der Waals surface area contributed by atoms with Crippen molar-refractivity contribution in [2.24, 2.45) is 5.92 Å². The molecule has 4 rings (SSSR count).